The number of amides is 2. The van der Waals surface area contributed by atoms with Gasteiger partial charge in [-0.3, -0.25) is 24.6 Å². The van der Waals surface area contributed by atoms with Crippen LogP contribution in [0.4, 0.5) is 5.69 Å². The maximum atomic E-state index is 12.7. The van der Waals surface area contributed by atoms with Gasteiger partial charge in [0.2, 0.25) is 12.3 Å². The molecule has 0 unspecified atom stereocenters. The summed E-state index contributed by atoms with van der Waals surface area (Å²) in [6, 6.07) is 17.7. The number of rotatable bonds is 10. The van der Waals surface area contributed by atoms with Gasteiger partial charge >= 0.3 is 0 Å². The lowest BCUT2D eigenvalue weighted by Gasteiger charge is -2.28. The van der Waals surface area contributed by atoms with Crippen molar-refractivity contribution in [3.8, 4) is 28.4 Å². The highest BCUT2D eigenvalue weighted by Gasteiger charge is 2.27. The number of methoxy groups -OCH3 is 2. The third kappa shape index (κ3) is 10.4. The van der Waals surface area contributed by atoms with E-state index >= 15 is 0 Å². The van der Waals surface area contributed by atoms with Gasteiger partial charge < -0.3 is 19.7 Å². The molecule has 55 heavy (non-hydrogen) atoms. The Morgan fingerprint density at radius 3 is 2.40 bits per heavy atom. The molecule has 5 heterocycles. The first-order valence-corrected chi connectivity index (χ1v) is 19.3. The number of aromatic nitrogens is 5. The summed E-state index contributed by atoms with van der Waals surface area (Å²) < 4.78 is 11.0. The number of ether oxygens (including phenoxy) is 2. The first kappa shape index (κ1) is 40.7. The zero-order valence-corrected chi connectivity index (χ0v) is 32.9. The highest BCUT2D eigenvalue weighted by atomic mass is 16.5. The van der Waals surface area contributed by atoms with E-state index in [4.69, 9.17) is 9.47 Å². The van der Waals surface area contributed by atoms with Crippen LogP contribution in [-0.2, 0) is 14.3 Å². The van der Waals surface area contributed by atoms with Crippen LogP contribution in [0.1, 0.15) is 70.6 Å². The molecular formula is C43H54N8O4. The highest BCUT2D eigenvalue weighted by Crippen LogP contribution is 2.40. The second-order valence-electron chi connectivity index (χ2n) is 13.0. The molecule has 12 nitrogen and oxygen atoms in total. The Morgan fingerprint density at radius 2 is 1.73 bits per heavy atom. The lowest BCUT2D eigenvalue weighted by molar-refractivity contribution is -0.131. The van der Waals surface area contributed by atoms with Crippen LogP contribution in [-0.4, -0.2) is 100 Å². The van der Waals surface area contributed by atoms with Crippen LogP contribution in [0, 0.1) is 0 Å². The van der Waals surface area contributed by atoms with Crippen LogP contribution in [0.15, 0.2) is 79.3 Å². The van der Waals surface area contributed by atoms with Crippen LogP contribution >= 0.6 is 0 Å². The molecule has 0 radical (unpaired) electrons. The summed E-state index contributed by atoms with van der Waals surface area (Å²) in [6.45, 7) is 11.6. The van der Waals surface area contributed by atoms with E-state index in [0.717, 1.165) is 82.9 Å². The zero-order valence-electron chi connectivity index (χ0n) is 32.9. The molecule has 2 N–H and O–H groups in total. The average molecular weight is 747 g/mol. The maximum absolute atomic E-state index is 12.7. The number of carbonyl (C=O) groups is 2. The number of hydrogen-bond donors (Lipinski definition) is 2. The van der Waals surface area contributed by atoms with Crippen molar-refractivity contribution in [2.45, 2.75) is 65.4 Å². The molecule has 5 aromatic rings. The lowest BCUT2D eigenvalue weighted by atomic mass is 9.97. The standard InChI is InChI=1S/C23H28N4O3.C16H14N4O.2C2H6/c1-29-19-8-11-26(15-19)16-22(28)27-12-6-17(7-13-27)18-4-5-20(21(14-18)30-2)23-24-9-3-10-25-23;21-9-18-12-3-4-14-13(8-12)16(20-19-14)11-5-6-17-15(7-11)10-1-2-10;2*1-2/h3-6,9-10,14,19H,7-8,11-13,15-16H2,1-2H3;3-10H,1-2H2,(H,18,21)(H,19,20);2*1-2H3/t19-;;;/m0.../s1. The maximum Gasteiger partial charge on any atom is 0.237 e. The molecule has 290 valence electrons. The molecule has 1 saturated carbocycles. The molecule has 8 rings (SSSR count). The fourth-order valence-electron chi connectivity index (χ4n) is 6.69. The number of fused-ring (bicyclic) bond motifs is 1. The second kappa shape index (κ2) is 20.3. The van der Waals surface area contributed by atoms with Crippen molar-refractivity contribution in [2.75, 3.05) is 52.3 Å². The van der Waals surface area contributed by atoms with E-state index in [1.54, 1.807) is 32.7 Å². The molecule has 2 aromatic carbocycles. The lowest BCUT2D eigenvalue weighted by Crippen LogP contribution is -2.41. The number of H-pyrrole nitrogens is 1. The first-order valence-electron chi connectivity index (χ1n) is 19.3. The van der Waals surface area contributed by atoms with Gasteiger partial charge in [0.05, 0.1) is 30.8 Å². The number of nitrogens with one attached hydrogen (secondary N) is 2. The summed E-state index contributed by atoms with van der Waals surface area (Å²) in [7, 11) is 3.40. The minimum Gasteiger partial charge on any atom is -0.496 e. The fourth-order valence-corrected chi connectivity index (χ4v) is 6.69. The van der Waals surface area contributed by atoms with Crippen molar-refractivity contribution in [1.82, 2.24) is 34.9 Å². The van der Waals surface area contributed by atoms with Crippen LogP contribution in [0.3, 0.4) is 0 Å². The summed E-state index contributed by atoms with van der Waals surface area (Å²) in [6.07, 6.45) is 12.7. The first-order chi connectivity index (χ1) is 27.0. The average Bonchev–Trinajstić information content (AvgIpc) is 3.87. The number of likely N-dealkylation sites (tertiary alicyclic amines) is 1. The predicted octanol–water partition coefficient (Wildman–Crippen LogP) is 7.61. The van der Waals surface area contributed by atoms with Crippen molar-refractivity contribution < 1.29 is 19.1 Å². The number of pyridine rings is 1. The number of carbonyl (C=O) groups excluding carboxylic acids is 2. The summed E-state index contributed by atoms with van der Waals surface area (Å²) in [5.41, 5.74) is 8.02. The number of aromatic amines is 1. The van der Waals surface area contributed by atoms with Crippen LogP contribution in [0.5, 0.6) is 5.75 Å². The van der Waals surface area contributed by atoms with E-state index in [2.05, 4.69) is 53.6 Å². The summed E-state index contributed by atoms with van der Waals surface area (Å²) in [5.74, 6) is 2.20. The molecule has 2 amide bonds. The second-order valence-corrected chi connectivity index (χ2v) is 13.0. The normalized spacial score (nSPS) is 16.4. The summed E-state index contributed by atoms with van der Waals surface area (Å²) in [5, 5.41) is 11.1. The molecule has 1 aliphatic carbocycles. The summed E-state index contributed by atoms with van der Waals surface area (Å²) in [4.78, 5) is 40.5. The molecule has 0 spiro atoms. The van der Waals surface area contributed by atoms with E-state index in [0.29, 0.717) is 31.2 Å². The van der Waals surface area contributed by atoms with Gasteiger partial charge in [-0.05, 0) is 85.4 Å². The van der Waals surface area contributed by atoms with E-state index in [1.807, 2.05) is 75.2 Å². The van der Waals surface area contributed by atoms with Crippen molar-refractivity contribution in [1.29, 1.82) is 0 Å². The molecule has 2 aliphatic heterocycles. The topological polar surface area (TPSA) is 138 Å². The Morgan fingerprint density at radius 1 is 0.927 bits per heavy atom. The minimum absolute atomic E-state index is 0.191. The smallest absolute Gasteiger partial charge is 0.237 e. The largest absolute Gasteiger partial charge is 0.496 e. The molecule has 2 fully saturated rings. The molecule has 3 aliphatic rings. The number of nitrogens with zero attached hydrogens (tertiary/aromatic N) is 6. The Balaban J connectivity index is 0.000000203. The Labute approximate surface area is 324 Å². The van der Waals surface area contributed by atoms with Crippen molar-refractivity contribution >= 4 is 34.5 Å². The highest BCUT2D eigenvalue weighted by molar-refractivity contribution is 5.96. The van der Waals surface area contributed by atoms with Gasteiger partial charge in [0.15, 0.2) is 5.82 Å². The van der Waals surface area contributed by atoms with Gasteiger partial charge in [-0.1, -0.05) is 39.8 Å². The van der Waals surface area contributed by atoms with Crippen molar-refractivity contribution in [3.63, 3.8) is 0 Å². The molecule has 1 saturated heterocycles. The molecular weight excluding hydrogens is 693 g/mol. The summed E-state index contributed by atoms with van der Waals surface area (Å²) >= 11 is 0. The Kier molecular flexibility index (Phi) is 15.0. The predicted molar refractivity (Wildman–Crippen MR) is 219 cm³/mol. The molecule has 12 heteroatoms. The van der Waals surface area contributed by atoms with E-state index in [-0.39, 0.29) is 12.0 Å². The van der Waals surface area contributed by atoms with Gasteiger partial charge in [-0.15, -0.1) is 0 Å². The van der Waals surface area contributed by atoms with Gasteiger partial charge in [0.25, 0.3) is 0 Å². The van der Waals surface area contributed by atoms with Gasteiger partial charge in [0, 0.05) is 80.1 Å². The van der Waals surface area contributed by atoms with Crippen LogP contribution in [0.2, 0.25) is 0 Å². The molecule has 0 bridgehead atoms. The van der Waals surface area contributed by atoms with Crippen LogP contribution < -0.4 is 10.1 Å². The van der Waals surface area contributed by atoms with Crippen LogP contribution in [0.25, 0.3) is 39.1 Å². The third-order valence-corrected chi connectivity index (χ3v) is 9.70. The van der Waals surface area contributed by atoms with E-state index < -0.39 is 0 Å². The SMILES string of the molecule is CC.CC.COc1cc(C2=CCN(C(=O)CN3CC[C@H](OC)C3)CC2)ccc1-c1ncccn1.O=CNc1ccc2[nH]nc(-c3ccnc(C4CC4)c3)c2c1. The van der Waals surface area contributed by atoms with Crippen molar-refractivity contribution in [3.05, 3.63) is 90.5 Å². The van der Waals surface area contributed by atoms with E-state index in [1.165, 1.54) is 18.4 Å². The number of anilines is 1. The molecule has 3 aromatic heterocycles. The number of hydrogen-bond acceptors (Lipinski definition) is 9. The van der Waals surface area contributed by atoms with Gasteiger partial charge in [0.1, 0.15) is 11.4 Å². The molecule has 1 atom stereocenters. The minimum atomic E-state index is 0.191. The van der Waals surface area contributed by atoms with Gasteiger partial charge in [-0.2, -0.15) is 5.10 Å². The quantitative estimate of drug-likeness (QED) is 0.138. The van der Waals surface area contributed by atoms with E-state index in [9.17, 15) is 9.59 Å². The fraction of sp³-hybridized carbons (Fsp3) is 0.395. The van der Waals surface area contributed by atoms with Gasteiger partial charge in [-0.25, -0.2) is 9.97 Å². The van der Waals surface area contributed by atoms with Crippen molar-refractivity contribution in [2.24, 2.45) is 0 Å². The zero-order chi connectivity index (χ0) is 39.2. The number of benzene rings is 2. The Hall–Kier alpha value is -5.46. The Bertz CT molecular complexity index is 2030. The monoisotopic (exact) mass is 746 g/mol. The third-order valence-electron chi connectivity index (χ3n) is 9.70.